The SMILES string of the molecule is Brc1ccc(-c2noc(-c3cc(C4CCNC4)[nH]n3)n2)o1. The average molecular weight is 350 g/mol. The zero-order valence-electron chi connectivity index (χ0n) is 11.0. The average Bonchev–Trinajstić information content (AvgIpc) is 3.25. The van der Waals surface area contributed by atoms with Gasteiger partial charge in [-0.3, -0.25) is 5.10 Å². The number of hydrogen-bond acceptors (Lipinski definition) is 6. The number of aromatic nitrogens is 4. The molecule has 1 atom stereocenters. The van der Waals surface area contributed by atoms with E-state index in [1.807, 2.05) is 6.07 Å². The maximum atomic E-state index is 5.40. The van der Waals surface area contributed by atoms with E-state index in [0.717, 1.165) is 25.2 Å². The van der Waals surface area contributed by atoms with Crippen LogP contribution < -0.4 is 5.32 Å². The lowest BCUT2D eigenvalue weighted by Gasteiger charge is -2.02. The molecule has 7 nitrogen and oxygen atoms in total. The molecule has 4 rings (SSSR count). The second kappa shape index (κ2) is 5.12. The van der Waals surface area contributed by atoms with Crippen molar-refractivity contribution in [2.24, 2.45) is 0 Å². The molecule has 1 unspecified atom stereocenters. The summed E-state index contributed by atoms with van der Waals surface area (Å²) >= 11 is 3.25. The van der Waals surface area contributed by atoms with Crippen molar-refractivity contribution in [1.29, 1.82) is 0 Å². The Hall–Kier alpha value is -1.93. The van der Waals surface area contributed by atoms with Crippen LogP contribution in [0, 0.1) is 0 Å². The van der Waals surface area contributed by atoms with Crippen molar-refractivity contribution in [2.45, 2.75) is 12.3 Å². The number of hydrogen-bond donors (Lipinski definition) is 2. The van der Waals surface area contributed by atoms with Crippen LogP contribution in [-0.2, 0) is 0 Å². The Labute approximate surface area is 128 Å². The van der Waals surface area contributed by atoms with E-state index in [0.29, 0.717) is 33.8 Å². The van der Waals surface area contributed by atoms with E-state index in [-0.39, 0.29) is 0 Å². The van der Waals surface area contributed by atoms with Crippen LogP contribution >= 0.6 is 15.9 Å². The van der Waals surface area contributed by atoms with Crippen LogP contribution in [0.4, 0.5) is 0 Å². The fourth-order valence-corrected chi connectivity index (χ4v) is 2.74. The topological polar surface area (TPSA) is 92.8 Å². The molecule has 0 spiro atoms. The van der Waals surface area contributed by atoms with Gasteiger partial charge in [-0.25, -0.2) is 0 Å². The van der Waals surface area contributed by atoms with Gasteiger partial charge in [0.2, 0.25) is 5.82 Å². The van der Waals surface area contributed by atoms with Crippen molar-refractivity contribution in [3.05, 3.63) is 28.6 Å². The molecule has 3 aromatic rings. The van der Waals surface area contributed by atoms with Crippen molar-refractivity contribution >= 4 is 15.9 Å². The number of H-pyrrole nitrogens is 1. The molecular formula is C13H12BrN5O2. The minimum absolute atomic E-state index is 0.381. The smallest absolute Gasteiger partial charge is 0.278 e. The summed E-state index contributed by atoms with van der Waals surface area (Å²) in [5.41, 5.74) is 1.75. The number of halogens is 1. The third kappa shape index (κ3) is 2.40. The summed E-state index contributed by atoms with van der Waals surface area (Å²) in [7, 11) is 0. The quantitative estimate of drug-likeness (QED) is 0.754. The van der Waals surface area contributed by atoms with Crippen molar-refractivity contribution in [2.75, 3.05) is 13.1 Å². The van der Waals surface area contributed by atoms with Gasteiger partial charge in [0.25, 0.3) is 5.89 Å². The molecule has 1 fully saturated rings. The molecule has 2 N–H and O–H groups in total. The van der Waals surface area contributed by atoms with E-state index < -0.39 is 0 Å². The first kappa shape index (κ1) is 12.8. The normalized spacial score (nSPS) is 18.4. The van der Waals surface area contributed by atoms with Gasteiger partial charge in [-0.2, -0.15) is 10.1 Å². The van der Waals surface area contributed by atoms with Gasteiger partial charge in [0.05, 0.1) is 0 Å². The minimum Gasteiger partial charge on any atom is -0.446 e. The van der Waals surface area contributed by atoms with Gasteiger partial charge >= 0.3 is 0 Å². The molecule has 0 saturated carbocycles. The van der Waals surface area contributed by atoms with Gasteiger partial charge in [-0.15, -0.1) is 0 Å². The summed E-state index contributed by atoms with van der Waals surface area (Å²) in [6.45, 7) is 2.01. The first-order valence-corrected chi connectivity index (χ1v) is 7.45. The van der Waals surface area contributed by atoms with Crippen LogP contribution in [-0.4, -0.2) is 33.4 Å². The maximum absolute atomic E-state index is 5.40. The van der Waals surface area contributed by atoms with Crippen LogP contribution in [0.25, 0.3) is 23.2 Å². The molecule has 0 bridgehead atoms. The third-order valence-electron chi connectivity index (χ3n) is 3.54. The summed E-state index contributed by atoms with van der Waals surface area (Å²) in [6.07, 6.45) is 1.11. The Kier molecular flexibility index (Phi) is 3.12. The first-order valence-electron chi connectivity index (χ1n) is 6.65. The second-order valence-electron chi connectivity index (χ2n) is 4.93. The van der Waals surface area contributed by atoms with Gasteiger partial charge in [0.15, 0.2) is 16.1 Å². The summed E-state index contributed by atoms with van der Waals surface area (Å²) in [6, 6.07) is 5.52. The Bertz CT molecular complexity index is 756. The van der Waals surface area contributed by atoms with Crippen LogP contribution in [0.5, 0.6) is 0 Å². The fraction of sp³-hybridized carbons (Fsp3) is 0.308. The van der Waals surface area contributed by atoms with Crippen molar-refractivity contribution in [1.82, 2.24) is 25.7 Å². The number of nitrogens with one attached hydrogen (secondary N) is 2. The molecule has 21 heavy (non-hydrogen) atoms. The molecular weight excluding hydrogens is 338 g/mol. The predicted molar refractivity (Wildman–Crippen MR) is 77.5 cm³/mol. The molecule has 0 radical (unpaired) electrons. The van der Waals surface area contributed by atoms with E-state index in [1.165, 1.54) is 0 Å². The Morgan fingerprint density at radius 1 is 1.33 bits per heavy atom. The molecule has 0 aliphatic carbocycles. The first-order chi connectivity index (χ1) is 10.3. The number of furan rings is 1. The van der Waals surface area contributed by atoms with E-state index in [4.69, 9.17) is 8.94 Å². The molecule has 1 aliphatic rings. The van der Waals surface area contributed by atoms with Gasteiger partial charge in [-0.1, -0.05) is 5.16 Å². The lowest BCUT2D eigenvalue weighted by Crippen LogP contribution is -2.08. The molecule has 0 aromatic carbocycles. The van der Waals surface area contributed by atoms with Crippen molar-refractivity contribution in [3.63, 3.8) is 0 Å². The van der Waals surface area contributed by atoms with Crippen molar-refractivity contribution < 1.29 is 8.94 Å². The molecule has 108 valence electrons. The predicted octanol–water partition coefficient (Wildman–Crippen LogP) is 2.56. The minimum atomic E-state index is 0.381. The Morgan fingerprint density at radius 3 is 3.05 bits per heavy atom. The molecule has 1 saturated heterocycles. The van der Waals surface area contributed by atoms with Crippen LogP contribution in [0.3, 0.4) is 0 Å². The van der Waals surface area contributed by atoms with Crippen LogP contribution in [0.15, 0.2) is 31.8 Å². The maximum Gasteiger partial charge on any atom is 0.278 e. The highest BCUT2D eigenvalue weighted by Gasteiger charge is 2.21. The summed E-state index contributed by atoms with van der Waals surface area (Å²) in [4.78, 5) is 4.31. The molecule has 0 amide bonds. The van der Waals surface area contributed by atoms with Crippen LogP contribution in [0.1, 0.15) is 18.0 Å². The Balaban J connectivity index is 1.60. The summed E-state index contributed by atoms with van der Waals surface area (Å²) in [5.74, 6) is 1.80. The lowest BCUT2D eigenvalue weighted by atomic mass is 10.1. The summed E-state index contributed by atoms with van der Waals surface area (Å²) < 4.78 is 11.3. The summed E-state index contributed by atoms with van der Waals surface area (Å²) in [5, 5.41) is 14.6. The highest BCUT2D eigenvalue weighted by atomic mass is 79.9. The van der Waals surface area contributed by atoms with E-state index in [9.17, 15) is 0 Å². The van der Waals surface area contributed by atoms with Gasteiger partial charge in [0.1, 0.15) is 0 Å². The molecule has 1 aliphatic heterocycles. The van der Waals surface area contributed by atoms with Gasteiger partial charge in [0, 0.05) is 18.2 Å². The van der Waals surface area contributed by atoms with E-state index >= 15 is 0 Å². The van der Waals surface area contributed by atoms with Gasteiger partial charge in [-0.05, 0) is 47.1 Å². The lowest BCUT2D eigenvalue weighted by molar-refractivity contribution is 0.427. The Morgan fingerprint density at radius 2 is 2.29 bits per heavy atom. The number of rotatable bonds is 3. The molecule has 8 heteroatoms. The largest absolute Gasteiger partial charge is 0.446 e. The number of aromatic amines is 1. The fourth-order valence-electron chi connectivity index (χ4n) is 2.44. The molecule has 3 aromatic heterocycles. The van der Waals surface area contributed by atoms with E-state index in [2.05, 4.69) is 41.6 Å². The monoisotopic (exact) mass is 349 g/mol. The molecule has 4 heterocycles. The van der Waals surface area contributed by atoms with E-state index in [1.54, 1.807) is 12.1 Å². The van der Waals surface area contributed by atoms with Crippen LogP contribution in [0.2, 0.25) is 0 Å². The third-order valence-corrected chi connectivity index (χ3v) is 3.96. The highest BCUT2D eigenvalue weighted by Crippen LogP contribution is 2.27. The highest BCUT2D eigenvalue weighted by molar-refractivity contribution is 9.10. The van der Waals surface area contributed by atoms with Gasteiger partial charge < -0.3 is 14.3 Å². The number of nitrogens with zero attached hydrogens (tertiary/aromatic N) is 3. The zero-order chi connectivity index (χ0) is 14.2. The van der Waals surface area contributed by atoms with Crippen molar-refractivity contribution in [3.8, 4) is 23.2 Å². The zero-order valence-corrected chi connectivity index (χ0v) is 12.6. The second-order valence-corrected chi connectivity index (χ2v) is 5.71. The standard InChI is InChI=1S/C13H12BrN5O2/c14-11-2-1-10(20-11)12-16-13(21-19-12)9-5-8(17-18-9)7-3-4-15-6-7/h1-2,5,7,15H,3-4,6H2,(H,17,18).